The van der Waals surface area contributed by atoms with Crippen molar-refractivity contribution < 1.29 is 13.6 Å². The molecular formula is C17H10Cl2F2O. The van der Waals surface area contributed by atoms with Gasteiger partial charge in [-0.05, 0) is 35.4 Å². The Hall–Kier alpha value is -1.97. The highest BCUT2D eigenvalue weighted by molar-refractivity contribution is 6.49. The number of hydrogen-bond donors (Lipinski definition) is 0. The molecule has 0 fully saturated rings. The second kappa shape index (κ2) is 7.34. The largest absolute Gasteiger partial charge is 0.288 e. The number of Topliss-reactive ketones (excluding diaryl/α,β-unsaturated/α-hetero) is 1. The first kappa shape index (κ1) is 16.4. The fourth-order valence-corrected chi connectivity index (χ4v) is 2.34. The van der Waals surface area contributed by atoms with Gasteiger partial charge in [0.15, 0.2) is 5.78 Å². The first-order valence-electron chi connectivity index (χ1n) is 6.24. The Morgan fingerprint density at radius 1 is 0.727 bits per heavy atom. The van der Waals surface area contributed by atoms with Crippen LogP contribution in [0.25, 0.3) is 11.1 Å². The summed E-state index contributed by atoms with van der Waals surface area (Å²) in [4.78, 5) is 12.6. The number of benzene rings is 2. The minimum absolute atomic E-state index is 0.165. The molecule has 5 heteroatoms. The number of rotatable bonds is 4. The van der Waals surface area contributed by atoms with E-state index in [4.69, 9.17) is 23.2 Å². The van der Waals surface area contributed by atoms with E-state index in [0.717, 1.165) is 11.1 Å². The van der Waals surface area contributed by atoms with Crippen molar-refractivity contribution in [2.45, 2.75) is 0 Å². The predicted molar refractivity (Wildman–Crippen MR) is 85.5 cm³/mol. The number of ketones is 1. The number of hydrogen-bond acceptors (Lipinski definition) is 1. The van der Waals surface area contributed by atoms with Crippen LogP contribution in [0.15, 0.2) is 59.6 Å². The summed E-state index contributed by atoms with van der Waals surface area (Å²) in [6.45, 7) is 0. The van der Waals surface area contributed by atoms with Gasteiger partial charge in [-0.25, -0.2) is 8.78 Å². The average molecular weight is 339 g/mol. The smallest absolute Gasteiger partial charge is 0.195 e. The van der Waals surface area contributed by atoms with Gasteiger partial charge in [-0.3, -0.25) is 4.79 Å². The Balaban J connectivity index is 2.38. The Kier molecular flexibility index (Phi) is 5.47. The highest BCUT2D eigenvalue weighted by Crippen LogP contribution is 2.27. The Labute approximate surface area is 136 Å². The van der Waals surface area contributed by atoms with Gasteiger partial charge >= 0.3 is 0 Å². The lowest BCUT2D eigenvalue weighted by Crippen LogP contribution is -2.05. The van der Waals surface area contributed by atoms with Gasteiger partial charge in [-0.1, -0.05) is 47.5 Å². The topological polar surface area (TPSA) is 17.1 Å². The summed E-state index contributed by atoms with van der Waals surface area (Å²) in [5, 5.41) is 0. The molecule has 0 aliphatic heterocycles. The molecule has 0 saturated heterocycles. The molecule has 1 nitrogen and oxygen atoms in total. The van der Waals surface area contributed by atoms with Crippen molar-refractivity contribution in [2.24, 2.45) is 0 Å². The number of halogens is 4. The second-order valence-corrected chi connectivity index (χ2v) is 4.82. The minimum atomic E-state index is -0.441. The van der Waals surface area contributed by atoms with Gasteiger partial charge in [-0.2, -0.15) is 0 Å². The molecule has 0 saturated carbocycles. The molecule has 0 N–H and O–H groups in total. The van der Waals surface area contributed by atoms with Crippen LogP contribution in [-0.4, -0.2) is 5.78 Å². The first-order valence-corrected chi connectivity index (χ1v) is 7.11. The molecule has 0 amide bonds. The lowest BCUT2D eigenvalue weighted by Gasteiger charge is -2.09. The standard InChI is InChI=1S/C17H10Cl2F2O/c18-9-15(11-1-5-13(20)6-2-11)17(22)16(10-19)12-3-7-14(21)8-4-12/h1-10H. The molecule has 0 aliphatic carbocycles. The maximum absolute atomic E-state index is 13.0. The first-order chi connectivity index (χ1) is 10.6. The highest BCUT2D eigenvalue weighted by atomic mass is 35.5. The van der Waals surface area contributed by atoms with Crippen LogP contribution in [0.3, 0.4) is 0 Å². The molecule has 0 bridgehead atoms. The maximum atomic E-state index is 13.0. The summed E-state index contributed by atoms with van der Waals surface area (Å²) < 4.78 is 26.0. The Morgan fingerprint density at radius 2 is 1.05 bits per heavy atom. The van der Waals surface area contributed by atoms with Crippen LogP contribution in [0, 0.1) is 11.6 Å². The van der Waals surface area contributed by atoms with Crippen molar-refractivity contribution in [3.05, 3.63) is 82.4 Å². The second-order valence-electron chi connectivity index (χ2n) is 4.39. The summed E-state index contributed by atoms with van der Waals surface area (Å²) in [6.07, 6.45) is 0. The van der Waals surface area contributed by atoms with Gasteiger partial charge < -0.3 is 0 Å². The highest BCUT2D eigenvalue weighted by Gasteiger charge is 2.18. The predicted octanol–water partition coefficient (Wildman–Crippen LogP) is 5.39. The van der Waals surface area contributed by atoms with Crippen molar-refractivity contribution in [2.75, 3.05) is 0 Å². The zero-order chi connectivity index (χ0) is 16.1. The van der Waals surface area contributed by atoms with Crippen LogP contribution >= 0.6 is 23.2 Å². The minimum Gasteiger partial charge on any atom is -0.288 e. The van der Waals surface area contributed by atoms with Crippen LogP contribution in [0.1, 0.15) is 11.1 Å². The van der Waals surface area contributed by atoms with Crippen molar-refractivity contribution in [1.29, 1.82) is 0 Å². The van der Waals surface area contributed by atoms with Crippen molar-refractivity contribution in [1.82, 2.24) is 0 Å². The van der Waals surface area contributed by atoms with Crippen LogP contribution in [0.4, 0.5) is 8.78 Å². The molecular weight excluding hydrogens is 329 g/mol. The summed E-state index contributed by atoms with van der Waals surface area (Å²) in [7, 11) is 0. The maximum Gasteiger partial charge on any atom is 0.195 e. The van der Waals surface area contributed by atoms with Gasteiger partial charge in [0, 0.05) is 22.2 Å². The molecule has 0 spiro atoms. The molecule has 2 aromatic rings. The molecule has 2 aromatic carbocycles. The van der Waals surface area contributed by atoms with E-state index in [-0.39, 0.29) is 11.1 Å². The number of carbonyl (C=O) groups excluding carboxylic acids is 1. The zero-order valence-electron chi connectivity index (χ0n) is 11.2. The van der Waals surface area contributed by atoms with E-state index in [1.807, 2.05) is 0 Å². The van der Waals surface area contributed by atoms with Gasteiger partial charge in [0.05, 0.1) is 0 Å². The SMILES string of the molecule is O=C(C(=CCl)c1ccc(F)cc1)C(=CCl)c1ccc(F)cc1. The molecule has 0 atom stereocenters. The van der Waals surface area contributed by atoms with E-state index in [1.54, 1.807) is 0 Å². The third-order valence-corrected chi connectivity index (χ3v) is 3.45. The van der Waals surface area contributed by atoms with Crippen LogP contribution in [0.2, 0.25) is 0 Å². The third kappa shape index (κ3) is 3.62. The van der Waals surface area contributed by atoms with Crippen LogP contribution in [0.5, 0.6) is 0 Å². The van der Waals surface area contributed by atoms with Crippen molar-refractivity contribution in [3.8, 4) is 0 Å². The molecule has 0 heterocycles. The van der Waals surface area contributed by atoms with E-state index >= 15 is 0 Å². The molecule has 2 rings (SSSR count). The Bertz CT molecular complexity index is 669. The Morgan fingerprint density at radius 3 is 1.32 bits per heavy atom. The summed E-state index contributed by atoms with van der Waals surface area (Å²) in [5.74, 6) is -1.28. The average Bonchev–Trinajstić information content (AvgIpc) is 2.52. The van der Waals surface area contributed by atoms with Gasteiger partial charge in [-0.15, -0.1) is 0 Å². The fraction of sp³-hybridized carbons (Fsp3) is 0. The van der Waals surface area contributed by atoms with E-state index in [2.05, 4.69) is 0 Å². The zero-order valence-corrected chi connectivity index (χ0v) is 12.7. The normalized spacial score (nSPS) is 12.4. The lowest BCUT2D eigenvalue weighted by atomic mass is 9.94. The van der Waals surface area contributed by atoms with Crippen LogP contribution < -0.4 is 0 Å². The summed E-state index contributed by atoms with van der Waals surface area (Å²) in [5.41, 5.74) is 3.47. The monoisotopic (exact) mass is 338 g/mol. The van der Waals surface area contributed by atoms with Crippen LogP contribution in [-0.2, 0) is 4.79 Å². The molecule has 0 unspecified atom stereocenters. The van der Waals surface area contributed by atoms with Gasteiger partial charge in [0.25, 0.3) is 0 Å². The summed E-state index contributed by atoms with van der Waals surface area (Å²) >= 11 is 11.5. The van der Waals surface area contributed by atoms with Gasteiger partial charge in [0.1, 0.15) is 11.6 Å². The fourth-order valence-electron chi connectivity index (χ4n) is 1.89. The van der Waals surface area contributed by atoms with E-state index < -0.39 is 17.4 Å². The quantitative estimate of drug-likeness (QED) is 0.682. The van der Waals surface area contributed by atoms with Gasteiger partial charge in [0.2, 0.25) is 0 Å². The third-order valence-electron chi connectivity index (χ3n) is 3.02. The molecule has 22 heavy (non-hydrogen) atoms. The van der Waals surface area contributed by atoms with Crippen molar-refractivity contribution in [3.63, 3.8) is 0 Å². The summed E-state index contributed by atoms with van der Waals surface area (Å²) in [6, 6.07) is 10.7. The number of allylic oxidation sites excluding steroid dienone is 2. The lowest BCUT2D eigenvalue weighted by molar-refractivity contribution is -0.108. The van der Waals surface area contributed by atoms with E-state index in [9.17, 15) is 13.6 Å². The van der Waals surface area contributed by atoms with E-state index in [1.165, 1.54) is 48.5 Å². The van der Waals surface area contributed by atoms with Crippen molar-refractivity contribution >= 4 is 40.1 Å². The molecule has 112 valence electrons. The van der Waals surface area contributed by atoms with E-state index in [0.29, 0.717) is 11.1 Å². The molecule has 0 aromatic heterocycles. The molecule has 0 radical (unpaired) electrons. The molecule has 0 aliphatic rings. The number of carbonyl (C=O) groups is 1.